The number of rotatable bonds is 2. The van der Waals surface area contributed by atoms with Crippen molar-refractivity contribution in [3.63, 3.8) is 0 Å². The molecule has 1 saturated carbocycles. The summed E-state index contributed by atoms with van der Waals surface area (Å²) in [5.74, 6) is 0.731. The van der Waals surface area contributed by atoms with Gasteiger partial charge in [-0.15, -0.1) is 11.6 Å². The Balaban J connectivity index is 2.28. The van der Waals surface area contributed by atoms with Gasteiger partial charge in [-0.05, 0) is 30.5 Å². The molecular formula is C13H16Cl2. The third-order valence-corrected chi connectivity index (χ3v) is 4.29. The van der Waals surface area contributed by atoms with E-state index in [0.717, 1.165) is 10.9 Å². The van der Waals surface area contributed by atoms with Crippen LogP contribution in [0.5, 0.6) is 0 Å². The molecule has 1 aromatic rings. The van der Waals surface area contributed by atoms with Crippen LogP contribution in [0.4, 0.5) is 0 Å². The Hall–Kier alpha value is -0.200. The molecule has 0 spiro atoms. The zero-order valence-electron chi connectivity index (χ0n) is 8.81. The molecule has 0 N–H and O–H groups in total. The first-order valence-corrected chi connectivity index (χ1v) is 6.50. The van der Waals surface area contributed by atoms with Gasteiger partial charge in [-0.3, -0.25) is 0 Å². The van der Waals surface area contributed by atoms with E-state index in [1.807, 2.05) is 12.1 Å². The Labute approximate surface area is 102 Å². The molecule has 0 atom stereocenters. The second kappa shape index (κ2) is 4.76. The summed E-state index contributed by atoms with van der Waals surface area (Å²) >= 11 is 12.1. The number of benzene rings is 1. The van der Waals surface area contributed by atoms with Gasteiger partial charge < -0.3 is 0 Å². The standard InChI is InChI=1S/C13H16Cl2/c14-10-13(8-2-1-3-9-13)11-4-6-12(15)7-5-11/h4-7H,1-3,8-10H2. The van der Waals surface area contributed by atoms with Crippen LogP contribution in [-0.2, 0) is 5.41 Å². The lowest BCUT2D eigenvalue weighted by Gasteiger charge is -2.36. The van der Waals surface area contributed by atoms with E-state index >= 15 is 0 Å². The molecule has 1 fully saturated rings. The van der Waals surface area contributed by atoms with Crippen LogP contribution in [0.1, 0.15) is 37.7 Å². The second-order valence-corrected chi connectivity index (χ2v) is 5.19. The molecule has 0 aromatic heterocycles. The maximum absolute atomic E-state index is 6.18. The van der Waals surface area contributed by atoms with Gasteiger partial charge >= 0.3 is 0 Å². The Morgan fingerprint density at radius 2 is 1.60 bits per heavy atom. The van der Waals surface area contributed by atoms with Gasteiger partial charge in [0.1, 0.15) is 0 Å². The molecule has 1 aliphatic carbocycles. The molecule has 2 rings (SSSR count). The Morgan fingerprint density at radius 3 is 2.13 bits per heavy atom. The van der Waals surface area contributed by atoms with Crippen molar-refractivity contribution in [3.8, 4) is 0 Å². The van der Waals surface area contributed by atoms with Crippen LogP contribution in [0.3, 0.4) is 0 Å². The summed E-state index contributed by atoms with van der Waals surface area (Å²) < 4.78 is 0. The molecular weight excluding hydrogens is 227 g/mol. The zero-order valence-corrected chi connectivity index (χ0v) is 10.3. The summed E-state index contributed by atoms with van der Waals surface area (Å²) in [5.41, 5.74) is 1.58. The van der Waals surface area contributed by atoms with E-state index in [4.69, 9.17) is 23.2 Å². The van der Waals surface area contributed by atoms with Crippen molar-refractivity contribution in [1.29, 1.82) is 0 Å². The van der Waals surface area contributed by atoms with Crippen LogP contribution in [0.25, 0.3) is 0 Å². The predicted molar refractivity (Wildman–Crippen MR) is 66.9 cm³/mol. The lowest BCUT2D eigenvalue weighted by Crippen LogP contribution is -2.30. The fourth-order valence-corrected chi connectivity index (χ4v) is 3.08. The lowest BCUT2D eigenvalue weighted by atomic mass is 9.71. The fraction of sp³-hybridized carbons (Fsp3) is 0.538. The number of hydrogen-bond donors (Lipinski definition) is 0. The minimum Gasteiger partial charge on any atom is -0.126 e. The van der Waals surface area contributed by atoms with Gasteiger partial charge in [0.15, 0.2) is 0 Å². The molecule has 1 aliphatic rings. The predicted octanol–water partition coefficient (Wildman–Crippen LogP) is 4.78. The molecule has 0 aliphatic heterocycles. The minimum atomic E-state index is 0.213. The Kier molecular flexibility index (Phi) is 3.58. The van der Waals surface area contributed by atoms with E-state index in [9.17, 15) is 0 Å². The highest BCUT2D eigenvalue weighted by Crippen LogP contribution is 2.40. The maximum Gasteiger partial charge on any atom is 0.0406 e. The minimum absolute atomic E-state index is 0.213. The summed E-state index contributed by atoms with van der Waals surface area (Å²) in [5, 5.41) is 0.805. The van der Waals surface area contributed by atoms with Gasteiger partial charge in [0.25, 0.3) is 0 Å². The number of alkyl halides is 1. The zero-order chi connectivity index (χ0) is 10.7. The summed E-state index contributed by atoms with van der Waals surface area (Å²) in [4.78, 5) is 0. The van der Waals surface area contributed by atoms with Gasteiger partial charge in [-0.1, -0.05) is 43.0 Å². The van der Waals surface area contributed by atoms with Crippen molar-refractivity contribution >= 4 is 23.2 Å². The van der Waals surface area contributed by atoms with Crippen LogP contribution < -0.4 is 0 Å². The average Bonchev–Trinajstić information content (AvgIpc) is 2.31. The van der Waals surface area contributed by atoms with E-state index in [-0.39, 0.29) is 5.41 Å². The molecule has 0 amide bonds. The smallest absolute Gasteiger partial charge is 0.0406 e. The highest BCUT2D eigenvalue weighted by molar-refractivity contribution is 6.30. The van der Waals surface area contributed by atoms with Gasteiger partial charge in [-0.2, -0.15) is 0 Å². The average molecular weight is 243 g/mol. The van der Waals surface area contributed by atoms with E-state index in [1.165, 1.54) is 37.7 Å². The van der Waals surface area contributed by atoms with Crippen LogP contribution in [0.2, 0.25) is 5.02 Å². The Morgan fingerprint density at radius 1 is 1.00 bits per heavy atom. The van der Waals surface area contributed by atoms with Crippen molar-refractivity contribution < 1.29 is 0 Å². The largest absolute Gasteiger partial charge is 0.126 e. The first-order valence-electron chi connectivity index (χ1n) is 5.59. The summed E-state index contributed by atoms with van der Waals surface area (Å²) in [6, 6.07) is 8.21. The van der Waals surface area contributed by atoms with Gasteiger partial charge in [0.2, 0.25) is 0 Å². The van der Waals surface area contributed by atoms with Crippen LogP contribution in [0, 0.1) is 0 Å². The number of halogens is 2. The van der Waals surface area contributed by atoms with Gasteiger partial charge in [0, 0.05) is 16.3 Å². The van der Waals surface area contributed by atoms with E-state index < -0.39 is 0 Å². The highest BCUT2D eigenvalue weighted by atomic mass is 35.5. The summed E-state index contributed by atoms with van der Waals surface area (Å²) in [7, 11) is 0. The highest BCUT2D eigenvalue weighted by Gasteiger charge is 2.32. The molecule has 0 bridgehead atoms. The Bertz CT molecular complexity index is 310. The maximum atomic E-state index is 6.18. The van der Waals surface area contributed by atoms with E-state index in [0.29, 0.717) is 0 Å². The molecule has 1 aromatic carbocycles. The van der Waals surface area contributed by atoms with Crippen molar-refractivity contribution in [3.05, 3.63) is 34.9 Å². The molecule has 0 heterocycles. The molecule has 0 saturated heterocycles. The third kappa shape index (κ3) is 2.32. The topological polar surface area (TPSA) is 0 Å². The van der Waals surface area contributed by atoms with E-state index in [1.54, 1.807) is 0 Å². The van der Waals surface area contributed by atoms with Crippen molar-refractivity contribution in [2.75, 3.05) is 5.88 Å². The first-order chi connectivity index (χ1) is 7.27. The molecule has 2 heteroatoms. The van der Waals surface area contributed by atoms with Crippen LogP contribution in [-0.4, -0.2) is 5.88 Å². The third-order valence-electron chi connectivity index (χ3n) is 3.52. The van der Waals surface area contributed by atoms with E-state index in [2.05, 4.69) is 12.1 Å². The monoisotopic (exact) mass is 242 g/mol. The summed E-state index contributed by atoms with van der Waals surface area (Å²) in [6.45, 7) is 0. The lowest BCUT2D eigenvalue weighted by molar-refractivity contribution is 0.324. The molecule has 0 unspecified atom stereocenters. The first kappa shape index (κ1) is 11.3. The SMILES string of the molecule is ClCC1(c2ccc(Cl)cc2)CCCCC1. The summed E-state index contributed by atoms with van der Waals surface area (Å²) in [6.07, 6.45) is 6.40. The normalized spacial score (nSPS) is 20.1. The van der Waals surface area contributed by atoms with Crippen LogP contribution in [0.15, 0.2) is 24.3 Å². The van der Waals surface area contributed by atoms with Gasteiger partial charge in [0.05, 0.1) is 0 Å². The fourth-order valence-electron chi connectivity index (χ4n) is 2.53. The number of hydrogen-bond acceptors (Lipinski definition) is 0. The molecule has 82 valence electrons. The van der Waals surface area contributed by atoms with Gasteiger partial charge in [-0.25, -0.2) is 0 Å². The molecule has 0 radical (unpaired) electrons. The van der Waals surface area contributed by atoms with Crippen molar-refractivity contribution in [2.45, 2.75) is 37.5 Å². The second-order valence-electron chi connectivity index (χ2n) is 4.48. The molecule has 0 nitrogen and oxygen atoms in total. The quantitative estimate of drug-likeness (QED) is 0.655. The van der Waals surface area contributed by atoms with Crippen LogP contribution >= 0.6 is 23.2 Å². The van der Waals surface area contributed by atoms with Crippen molar-refractivity contribution in [1.82, 2.24) is 0 Å². The van der Waals surface area contributed by atoms with Crippen molar-refractivity contribution in [2.24, 2.45) is 0 Å². The molecule has 15 heavy (non-hydrogen) atoms.